The second-order valence-corrected chi connectivity index (χ2v) is 6.70. The molecule has 0 aliphatic carbocycles. The molecule has 1 aromatic rings. The quantitative estimate of drug-likeness (QED) is 0.360. The van der Waals surface area contributed by atoms with Crippen molar-refractivity contribution in [3.05, 3.63) is 17.7 Å². The van der Waals surface area contributed by atoms with Crippen molar-refractivity contribution in [3.8, 4) is 29.1 Å². The average Bonchev–Trinajstić information content (AvgIpc) is 2.74. The third kappa shape index (κ3) is 2.83. The van der Waals surface area contributed by atoms with E-state index in [2.05, 4.69) is 18.9 Å². The largest absolute Gasteiger partial charge is 0.493 e. The highest BCUT2D eigenvalue weighted by molar-refractivity contribution is 5.72. The number of fused-ring (bicyclic) bond motifs is 2. The molecule has 1 fully saturated rings. The van der Waals surface area contributed by atoms with Crippen LogP contribution >= 0.6 is 0 Å². The minimum Gasteiger partial charge on any atom is -0.493 e. The van der Waals surface area contributed by atoms with Gasteiger partial charge in [-0.3, -0.25) is 4.79 Å². The van der Waals surface area contributed by atoms with Crippen molar-refractivity contribution < 1.29 is 23.5 Å². The molecule has 24 heavy (non-hydrogen) atoms. The molecule has 5 nitrogen and oxygen atoms in total. The third-order valence-electron chi connectivity index (χ3n) is 5.22. The predicted molar refractivity (Wildman–Crippen MR) is 89.9 cm³/mol. The molecule has 2 heterocycles. The Hall–Kier alpha value is -2.19. The second kappa shape index (κ2) is 6.37. The molecule has 2 aliphatic rings. The van der Waals surface area contributed by atoms with Gasteiger partial charge in [0.1, 0.15) is 12.6 Å². The normalized spacial score (nSPS) is 27.2. The highest BCUT2D eigenvalue weighted by Crippen LogP contribution is 2.42. The maximum Gasteiger partial charge on any atom is 0.308 e. The summed E-state index contributed by atoms with van der Waals surface area (Å²) in [5, 5.41) is 0. The Bertz CT molecular complexity index is 693. The molecule has 128 valence electrons. The van der Waals surface area contributed by atoms with Gasteiger partial charge >= 0.3 is 5.97 Å². The summed E-state index contributed by atoms with van der Waals surface area (Å²) in [6.45, 7) is 2.22. The molecule has 0 saturated carbocycles. The number of rotatable bonds is 5. The van der Waals surface area contributed by atoms with Crippen LogP contribution in [0.2, 0.25) is 0 Å². The van der Waals surface area contributed by atoms with Crippen molar-refractivity contribution in [2.45, 2.75) is 44.8 Å². The number of esters is 1. The van der Waals surface area contributed by atoms with Crippen LogP contribution in [0.15, 0.2) is 12.1 Å². The van der Waals surface area contributed by atoms with E-state index < -0.39 is 5.97 Å². The zero-order valence-corrected chi connectivity index (χ0v) is 14.7. The molecule has 3 rings (SSSR count). The molecule has 3 atom stereocenters. The van der Waals surface area contributed by atoms with Gasteiger partial charge in [0.05, 0.1) is 27.7 Å². The van der Waals surface area contributed by atoms with E-state index >= 15 is 0 Å². The number of benzene rings is 1. The molecule has 2 aliphatic heterocycles. The molecule has 1 saturated heterocycles. The lowest BCUT2D eigenvalue weighted by Crippen LogP contribution is -2.53. The summed E-state index contributed by atoms with van der Waals surface area (Å²) in [5.74, 6) is 7.66. The Labute approximate surface area is 143 Å². The zero-order chi connectivity index (χ0) is 17.3. The molecular weight excluding hydrogens is 306 g/mol. The Morgan fingerprint density at radius 3 is 2.46 bits per heavy atom. The van der Waals surface area contributed by atoms with Crippen LogP contribution in [-0.4, -0.2) is 43.8 Å². The fraction of sp³-hybridized carbons (Fsp3) is 0.526. The first kappa shape index (κ1) is 16.7. The molecule has 5 heteroatoms. The molecule has 0 amide bonds. The summed E-state index contributed by atoms with van der Waals surface area (Å²) in [7, 11) is 5.42. The van der Waals surface area contributed by atoms with Crippen LogP contribution in [0.4, 0.5) is 0 Å². The summed E-state index contributed by atoms with van der Waals surface area (Å²) >= 11 is 0. The van der Waals surface area contributed by atoms with Crippen LogP contribution in [0.1, 0.15) is 31.7 Å². The summed E-state index contributed by atoms with van der Waals surface area (Å²) in [5.41, 5.74) is 1.10. The average molecular weight is 330 g/mol. The summed E-state index contributed by atoms with van der Waals surface area (Å²) in [4.78, 5) is 11.3. The number of carbonyl (C=O) groups is 1. The minimum atomic E-state index is -0.400. The van der Waals surface area contributed by atoms with Crippen LogP contribution in [0, 0.1) is 11.8 Å². The molecule has 0 aromatic heterocycles. The van der Waals surface area contributed by atoms with E-state index in [1.807, 2.05) is 12.1 Å². The molecule has 2 bridgehead atoms. The standard InChI is InChI=1S/C19H24NO4/c1-13(21)24-19-17(22-3)10-14(11-18(19)23-4)12-20(2)15-6-5-7-16(20)9-8-15/h10-11,15-16H,6,8-9,12H2,1-4H3/q+1/t15-,16+,20?/m1/s1. The first-order valence-electron chi connectivity index (χ1n) is 8.24. The van der Waals surface area contributed by atoms with Crippen LogP contribution in [0.3, 0.4) is 0 Å². The minimum absolute atomic E-state index is 0.334. The Morgan fingerprint density at radius 1 is 1.25 bits per heavy atom. The summed E-state index contributed by atoms with van der Waals surface area (Å²) < 4.78 is 17.1. The van der Waals surface area contributed by atoms with E-state index in [0.717, 1.165) is 29.4 Å². The topological polar surface area (TPSA) is 44.8 Å². The van der Waals surface area contributed by atoms with E-state index in [4.69, 9.17) is 14.2 Å². The lowest BCUT2D eigenvalue weighted by atomic mass is 10.0. The van der Waals surface area contributed by atoms with E-state index in [1.165, 1.54) is 13.3 Å². The second-order valence-electron chi connectivity index (χ2n) is 6.70. The van der Waals surface area contributed by atoms with Gasteiger partial charge in [0.15, 0.2) is 17.5 Å². The molecule has 1 aromatic carbocycles. The lowest BCUT2D eigenvalue weighted by molar-refractivity contribution is -0.949. The van der Waals surface area contributed by atoms with Crippen molar-refractivity contribution in [3.63, 3.8) is 0 Å². The lowest BCUT2D eigenvalue weighted by Gasteiger charge is -2.40. The number of methoxy groups -OCH3 is 2. The third-order valence-corrected chi connectivity index (χ3v) is 5.22. The van der Waals surface area contributed by atoms with Gasteiger partial charge in [-0.1, -0.05) is 5.92 Å². The summed E-state index contributed by atoms with van der Waals surface area (Å²) in [6.07, 6.45) is 3.34. The number of quaternary nitrogens is 1. The summed E-state index contributed by atoms with van der Waals surface area (Å²) in [6, 6.07) is 4.85. The first-order valence-corrected chi connectivity index (χ1v) is 8.24. The van der Waals surface area contributed by atoms with Gasteiger partial charge < -0.3 is 18.7 Å². The van der Waals surface area contributed by atoms with E-state index in [-0.39, 0.29) is 0 Å². The van der Waals surface area contributed by atoms with Crippen molar-refractivity contribution in [2.75, 3.05) is 21.3 Å². The van der Waals surface area contributed by atoms with E-state index in [1.54, 1.807) is 14.2 Å². The van der Waals surface area contributed by atoms with Crippen molar-refractivity contribution in [2.24, 2.45) is 0 Å². The molecule has 0 N–H and O–H groups in total. The Morgan fingerprint density at radius 2 is 1.92 bits per heavy atom. The molecule has 0 radical (unpaired) electrons. The monoisotopic (exact) mass is 330 g/mol. The zero-order valence-electron chi connectivity index (χ0n) is 14.7. The van der Waals surface area contributed by atoms with Gasteiger partial charge in [0.2, 0.25) is 5.75 Å². The van der Waals surface area contributed by atoms with Crippen LogP contribution < -0.4 is 14.2 Å². The van der Waals surface area contributed by atoms with Crippen molar-refractivity contribution in [1.82, 2.24) is 0 Å². The van der Waals surface area contributed by atoms with Crippen molar-refractivity contribution in [1.29, 1.82) is 0 Å². The fourth-order valence-electron chi connectivity index (χ4n) is 3.92. The molecular formula is C19H24NO4+. The number of hydrogen-bond acceptors (Lipinski definition) is 4. The number of hydrogen-bond donors (Lipinski definition) is 0. The molecule has 1 unspecified atom stereocenters. The number of nitrogens with zero attached hydrogens (tertiary/aromatic N) is 1. The smallest absolute Gasteiger partial charge is 0.308 e. The van der Waals surface area contributed by atoms with Gasteiger partial charge in [-0.2, -0.15) is 0 Å². The first-order chi connectivity index (χ1) is 11.5. The van der Waals surface area contributed by atoms with Gasteiger partial charge in [0.25, 0.3) is 0 Å². The van der Waals surface area contributed by atoms with Gasteiger partial charge in [-0.05, 0) is 18.1 Å². The van der Waals surface area contributed by atoms with E-state index in [0.29, 0.717) is 29.3 Å². The highest BCUT2D eigenvalue weighted by Gasteiger charge is 2.47. The van der Waals surface area contributed by atoms with Crippen LogP contribution in [0.25, 0.3) is 0 Å². The number of carbonyl (C=O) groups excluding carboxylic acids is 1. The number of ether oxygens (including phenoxy) is 3. The maximum absolute atomic E-state index is 11.3. The fourth-order valence-corrected chi connectivity index (χ4v) is 3.92. The van der Waals surface area contributed by atoms with Crippen LogP contribution in [-0.2, 0) is 11.3 Å². The Balaban J connectivity index is 1.95. The molecule has 0 spiro atoms. The van der Waals surface area contributed by atoms with Gasteiger partial charge in [-0.15, -0.1) is 0 Å². The SMILES string of the molecule is COc1cc(C[N+]2(C)[C@@H]3CC#C[C@H]2CC3)cc(OC)c1OC(C)=O. The van der Waals surface area contributed by atoms with Crippen molar-refractivity contribution >= 4 is 5.97 Å². The Kier molecular flexibility index (Phi) is 4.42. The van der Waals surface area contributed by atoms with Gasteiger partial charge in [-0.25, -0.2) is 0 Å². The highest BCUT2D eigenvalue weighted by atomic mass is 16.6. The maximum atomic E-state index is 11.3. The van der Waals surface area contributed by atoms with Crippen LogP contribution in [0.5, 0.6) is 17.2 Å². The van der Waals surface area contributed by atoms with E-state index in [9.17, 15) is 4.79 Å². The van der Waals surface area contributed by atoms with Gasteiger partial charge in [0, 0.05) is 25.3 Å². The predicted octanol–water partition coefficient (Wildman–Crippen LogP) is 2.51.